The van der Waals surface area contributed by atoms with Gasteiger partial charge >= 0.3 is 0 Å². The molecule has 1 N–H and O–H groups in total. The van der Waals surface area contributed by atoms with Gasteiger partial charge in [-0.25, -0.2) is 4.99 Å². The Kier molecular flexibility index (Phi) is 12.1. The Labute approximate surface area is 167 Å². The first kappa shape index (κ1) is 23.2. The molecule has 7 heteroatoms. The molecule has 0 atom stereocenters. The molecule has 1 aromatic heterocycles. The van der Waals surface area contributed by atoms with Crippen LogP contribution in [0.25, 0.3) is 0 Å². The van der Waals surface area contributed by atoms with Crippen LogP contribution in [0.2, 0.25) is 0 Å². The molecule has 0 unspecified atom stereocenters. The summed E-state index contributed by atoms with van der Waals surface area (Å²) in [6, 6.07) is 4.30. The standard InChI is InChI=1S/C17H30N4OS.HI/c1-6-14-10-11-15(23-14)12-19-17(18-7-2)20(5)13-16(22)21(8-3)9-4;/h10-11H,6-9,12-13H2,1-5H3,(H,18,19);1H. The lowest BCUT2D eigenvalue weighted by atomic mass is 10.4. The molecule has 0 fully saturated rings. The lowest BCUT2D eigenvalue weighted by Crippen LogP contribution is -2.45. The second-order valence-corrected chi connectivity index (χ2v) is 6.57. The summed E-state index contributed by atoms with van der Waals surface area (Å²) in [4.78, 5) is 23.3. The number of aliphatic imine (C=N–C) groups is 1. The third-order valence-corrected chi connectivity index (χ3v) is 4.85. The number of thiophene rings is 1. The molecule has 24 heavy (non-hydrogen) atoms. The van der Waals surface area contributed by atoms with Crippen molar-refractivity contribution in [3.05, 3.63) is 21.9 Å². The molecule has 0 bridgehead atoms. The molecule has 138 valence electrons. The van der Waals surface area contributed by atoms with Gasteiger partial charge in [0.15, 0.2) is 5.96 Å². The second-order valence-electron chi connectivity index (χ2n) is 5.31. The van der Waals surface area contributed by atoms with Gasteiger partial charge in [-0.1, -0.05) is 6.92 Å². The van der Waals surface area contributed by atoms with Gasteiger partial charge in [0, 0.05) is 36.4 Å². The fraction of sp³-hybridized carbons (Fsp3) is 0.647. The maximum Gasteiger partial charge on any atom is 0.242 e. The maximum atomic E-state index is 12.2. The van der Waals surface area contributed by atoms with Crippen molar-refractivity contribution in [2.24, 2.45) is 4.99 Å². The molecule has 0 aliphatic carbocycles. The fourth-order valence-electron chi connectivity index (χ4n) is 2.27. The number of aryl methyl sites for hydroxylation is 1. The number of guanidine groups is 1. The van der Waals surface area contributed by atoms with E-state index in [0.717, 1.165) is 32.0 Å². The van der Waals surface area contributed by atoms with Crippen molar-refractivity contribution >= 4 is 47.2 Å². The topological polar surface area (TPSA) is 47.9 Å². The zero-order valence-corrected chi connectivity index (χ0v) is 18.6. The highest BCUT2D eigenvalue weighted by Gasteiger charge is 2.15. The van der Waals surface area contributed by atoms with Crippen LogP contribution in [0, 0.1) is 0 Å². The van der Waals surface area contributed by atoms with Gasteiger partial charge in [0.05, 0.1) is 13.1 Å². The minimum absolute atomic E-state index is 0. The lowest BCUT2D eigenvalue weighted by molar-refractivity contribution is -0.131. The van der Waals surface area contributed by atoms with Crippen molar-refractivity contribution < 1.29 is 4.79 Å². The molecule has 1 aromatic rings. The van der Waals surface area contributed by atoms with Gasteiger partial charge in [-0.05, 0) is 39.3 Å². The highest BCUT2D eigenvalue weighted by Crippen LogP contribution is 2.17. The van der Waals surface area contributed by atoms with Crippen LogP contribution in [-0.2, 0) is 17.8 Å². The van der Waals surface area contributed by atoms with Crippen LogP contribution in [0.15, 0.2) is 17.1 Å². The monoisotopic (exact) mass is 466 g/mol. The predicted octanol–water partition coefficient (Wildman–Crippen LogP) is 3.19. The second kappa shape index (κ2) is 12.5. The third kappa shape index (κ3) is 7.38. The van der Waals surface area contributed by atoms with Crippen molar-refractivity contribution in [2.75, 3.05) is 33.2 Å². The molecule has 1 amide bonds. The Bertz CT molecular complexity index is 514. The van der Waals surface area contributed by atoms with Gasteiger partial charge in [-0.15, -0.1) is 35.3 Å². The van der Waals surface area contributed by atoms with E-state index >= 15 is 0 Å². The minimum atomic E-state index is 0. The molecule has 0 saturated carbocycles. The summed E-state index contributed by atoms with van der Waals surface area (Å²) in [6.45, 7) is 11.5. The number of likely N-dealkylation sites (N-methyl/N-ethyl adjacent to an activating group) is 2. The number of nitrogens with zero attached hydrogens (tertiary/aromatic N) is 3. The van der Waals surface area contributed by atoms with E-state index < -0.39 is 0 Å². The molecule has 0 aliphatic rings. The van der Waals surface area contributed by atoms with Crippen LogP contribution in [0.5, 0.6) is 0 Å². The highest BCUT2D eigenvalue weighted by atomic mass is 127. The van der Waals surface area contributed by atoms with E-state index in [1.54, 1.807) is 11.3 Å². The van der Waals surface area contributed by atoms with Crippen LogP contribution in [0.3, 0.4) is 0 Å². The van der Waals surface area contributed by atoms with Crippen molar-refractivity contribution in [3.63, 3.8) is 0 Å². The van der Waals surface area contributed by atoms with Crippen molar-refractivity contribution in [1.82, 2.24) is 15.1 Å². The molecular weight excluding hydrogens is 435 g/mol. The van der Waals surface area contributed by atoms with Crippen LogP contribution < -0.4 is 5.32 Å². The van der Waals surface area contributed by atoms with Gasteiger partial charge < -0.3 is 15.1 Å². The maximum absolute atomic E-state index is 12.2. The van der Waals surface area contributed by atoms with E-state index in [1.165, 1.54) is 9.75 Å². The largest absolute Gasteiger partial charge is 0.357 e. The number of rotatable bonds is 8. The van der Waals surface area contributed by atoms with Gasteiger partial charge in [0.2, 0.25) is 5.91 Å². The summed E-state index contributed by atoms with van der Waals surface area (Å²) in [5.74, 6) is 0.909. The predicted molar refractivity (Wildman–Crippen MR) is 114 cm³/mol. The first-order valence-electron chi connectivity index (χ1n) is 8.40. The Balaban J connectivity index is 0.00000529. The first-order chi connectivity index (χ1) is 11.0. The van der Waals surface area contributed by atoms with Gasteiger partial charge in [-0.3, -0.25) is 4.79 Å². The molecule has 0 aromatic carbocycles. The zero-order chi connectivity index (χ0) is 17.2. The Hall–Kier alpha value is -0.830. The van der Waals surface area contributed by atoms with E-state index in [-0.39, 0.29) is 29.9 Å². The molecule has 5 nitrogen and oxygen atoms in total. The van der Waals surface area contributed by atoms with E-state index in [0.29, 0.717) is 13.1 Å². The third-order valence-electron chi connectivity index (χ3n) is 3.64. The van der Waals surface area contributed by atoms with Crippen LogP contribution >= 0.6 is 35.3 Å². The Morgan fingerprint density at radius 3 is 2.29 bits per heavy atom. The molecule has 1 heterocycles. The van der Waals surface area contributed by atoms with Crippen molar-refractivity contribution in [1.29, 1.82) is 0 Å². The highest BCUT2D eigenvalue weighted by molar-refractivity contribution is 14.0. The summed E-state index contributed by atoms with van der Waals surface area (Å²) >= 11 is 1.80. The van der Waals surface area contributed by atoms with E-state index in [4.69, 9.17) is 0 Å². The Morgan fingerprint density at radius 1 is 1.17 bits per heavy atom. The number of carbonyl (C=O) groups is 1. The number of hydrogen-bond acceptors (Lipinski definition) is 3. The minimum Gasteiger partial charge on any atom is -0.357 e. The average molecular weight is 466 g/mol. The lowest BCUT2D eigenvalue weighted by Gasteiger charge is -2.25. The van der Waals surface area contributed by atoms with Gasteiger partial charge in [-0.2, -0.15) is 0 Å². The molecule has 1 rings (SSSR count). The van der Waals surface area contributed by atoms with Crippen LogP contribution in [0.4, 0.5) is 0 Å². The normalized spacial score (nSPS) is 11.0. The molecule has 0 radical (unpaired) electrons. The summed E-state index contributed by atoms with van der Waals surface area (Å²) in [5.41, 5.74) is 0. The molecule has 0 saturated heterocycles. The average Bonchev–Trinajstić information content (AvgIpc) is 3.00. The summed E-state index contributed by atoms with van der Waals surface area (Å²) in [6.07, 6.45) is 1.06. The van der Waals surface area contributed by atoms with Crippen LogP contribution in [0.1, 0.15) is 37.4 Å². The molecular formula is C17H31IN4OS. The van der Waals surface area contributed by atoms with Crippen molar-refractivity contribution in [3.8, 4) is 0 Å². The first-order valence-corrected chi connectivity index (χ1v) is 9.22. The van der Waals surface area contributed by atoms with Crippen molar-refractivity contribution in [2.45, 2.75) is 40.7 Å². The number of carbonyl (C=O) groups excluding carboxylic acids is 1. The quantitative estimate of drug-likeness (QED) is 0.364. The van der Waals surface area contributed by atoms with E-state index in [1.807, 2.05) is 37.6 Å². The molecule has 0 aliphatic heterocycles. The SMILES string of the molecule is CCNC(=NCc1ccc(CC)s1)N(C)CC(=O)N(CC)CC.I. The smallest absolute Gasteiger partial charge is 0.242 e. The summed E-state index contributed by atoms with van der Waals surface area (Å²) < 4.78 is 0. The summed E-state index contributed by atoms with van der Waals surface area (Å²) in [7, 11) is 1.91. The summed E-state index contributed by atoms with van der Waals surface area (Å²) in [5, 5.41) is 3.26. The fourth-order valence-corrected chi connectivity index (χ4v) is 3.16. The van der Waals surface area contributed by atoms with Gasteiger partial charge in [0.1, 0.15) is 0 Å². The number of nitrogens with one attached hydrogen (secondary N) is 1. The zero-order valence-electron chi connectivity index (χ0n) is 15.5. The number of halogens is 1. The van der Waals surface area contributed by atoms with E-state index in [2.05, 4.69) is 29.4 Å². The number of amides is 1. The van der Waals surface area contributed by atoms with Gasteiger partial charge in [0.25, 0.3) is 0 Å². The van der Waals surface area contributed by atoms with E-state index in [9.17, 15) is 4.79 Å². The van der Waals surface area contributed by atoms with Crippen LogP contribution in [-0.4, -0.2) is 54.9 Å². The number of hydrogen-bond donors (Lipinski definition) is 1. The molecule has 0 spiro atoms. The Morgan fingerprint density at radius 2 is 1.79 bits per heavy atom.